The molecule has 1 atom stereocenters. The maximum absolute atomic E-state index is 13.5. The molecule has 0 spiro atoms. The van der Waals surface area contributed by atoms with E-state index < -0.39 is 11.9 Å². The third-order valence-electron chi connectivity index (χ3n) is 6.11. The van der Waals surface area contributed by atoms with Gasteiger partial charge in [0, 0.05) is 42.3 Å². The van der Waals surface area contributed by atoms with Crippen molar-refractivity contribution in [3.05, 3.63) is 101 Å². The van der Waals surface area contributed by atoms with E-state index in [-0.39, 0.29) is 17.3 Å². The Morgan fingerprint density at radius 2 is 1.81 bits per heavy atom. The van der Waals surface area contributed by atoms with Gasteiger partial charge in [-0.05, 0) is 55.0 Å². The SMILES string of the molecule is CC(C(=O)Nc1cc(-c2[nH]c3ccn(C)c(=O)c3c2-c2ccc(F)nc2)ccn1)c1ccc(F)cc1. The van der Waals surface area contributed by atoms with Crippen molar-refractivity contribution in [2.24, 2.45) is 7.05 Å². The summed E-state index contributed by atoms with van der Waals surface area (Å²) in [5, 5.41) is 3.24. The predicted molar refractivity (Wildman–Crippen MR) is 133 cm³/mol. The van der Waals surface area contributed by atoms with Crippen molar-refractivity contribution in [1.82, 2.24) is 19.5 Å². The molecule has 5 rings (SSSR count). The van der Waals surface area contributed by atoms with E-state index in [1.54, 1.807) is 62.8 Å². The quantitative estimate of drug-likeness (QED) is 0.342. The maximum atomic E-state index is 13.5. The van der Waals surface area contributed by atoms with Crippen LogP contribution in [0, 0.1) is 11.8 Å². The second-order valence-electron chi connectivity index (χ2n) is 8.46. The number of aryl methyl sites for hydroxylation is 1. The Morgan fingerprint density at radius 3 is 2.53 bits per heavy atom. The third kappa shape index (κ3) is 4.26. The predicted octanol–water partition coefficient (Wildman–Crippen LogP) is 5.01. The largest absolute Gasteiger partial charge is 0.354 e. The molecule has 2 N–H and O–H groups in total. The minimum Gasteiger partial charge on any atom is -0.354 e. The first-order valence-electron chi connectivity index (χ1n) is 11.2. The second kappa shape index (κ2) is 9.18. The van der Waals surface area contributed by atoms with Crippen molar-refractivity contribution in [2.45, 2.75) is 12.8 Å². The molecule has 0 aliphatic carbocycles. The van der Waals surface area contributed by atoms with Crippen molar-refractivity contribution in [3.8, 4) is 22.4 Å². The van der Waals surface area contributed by atoms with E-state index in [9.17, 15) is 18.4 Å². The van der Waals surface area contributed by atoms with Crippen LogP contribution < -0.4 is 10.9 Å². The highest BCUT2D eigenvalue weighted by molar-refractivity contribution is 6.03. The first-order chi connectivity index (χ1) is 17.3. The number of fused-ring (bicyclic) bond motifs is 1. The molecule has 4 aromatic heterocycles. The number of rotatable bonds is 5. The number of aromatic amines is 1. The van der Waals surface area contributed by atoms with Gasteiger partial charge in [0.15, 0.2) is 0 Å². The summed E-state index contributed by atoms with van der Waals surface area (Å²) in [5.74, 6) is -1.53. The highest BCUT2D eigenvalue weighted by atomic mass is 19.1. The molecule has 0 fully saturated rings. The molecule has 9 heteroatoms. The Labute approximate surface area is 204 Å². The third-order valence-corrected chi connectivity index (χ3v) is 6.11. The van der Waals surface area contributed by atoms with Crippen molar-refractivity contribution >= 4 is 22.6 Å². The molecule has 0 saturated carbocycles. The number of hydrogen-bond acceptors (Lipinski definition) is 4. The molecule has 7 nitrogen and oxygen atoms in total. The zero-order valence-corrected chi connectivity index (χ0v) is 19.4. The summed E-state index contributed by atoms with van der Waals surface area (Å²) < 4.78 is 28.3. The number of H-pyrrole nitrogens is 1. The van der Waals surface area contributed by atoms with E-state index in [0.29, 0.717) is 44.7 Å². The number of benzene rings is 1. The van der Waals surface area contributed by atoms with Crippen LogP contribution in [0.25, 0.3) is 33.3 Å². The number of carbonyl (C=O) groups is 1. The lowest BCUT2D eigenvalue weighted by Crippen LogP contribution is -2.19. The van der Waals surface area contributed by atoms with Gasteiger partial charge in [-0.25, -0.2) is 14.4 Å². The van der Waals surface area contributed by atoms with Gasteiger partial charge in [-0.3, -0.25) is 9.59 Å². The molecule has 1 unspecified atom stereocenters. The normalized spacial score (nSPS) is 12.0. The zero-order chi connectivity index (χ0) is 25.4. The number of nitrogens with one attached hydrogen (secondary N) is 2. The van der Waals surface area contributed by atoms with Crippen LogP contribution in [0.1, 0.15) is 18.4 Å². The maximum Gasteiger partial charge on any atom is 0.260 e. The Morgan fingerprint density at radius 1 is 1.03 bits per heavy atom. The van der Waals surface area contributed by atoms with Gasteiger partial charge < -0.3 is 14.9 Å². The number of aromatic nitrogens is 4. The fourth-order valence-corrected chi connectivity index (χ4v) is 4.12. The van der Waals surface area contributed by atoms with E-state index in [0.717, 1.165) is 0 Å². The summed E-state index contributed by atoms with van der Waals surface area (Å²) in [6, 6.07) is 13.8. The molecule has 0 aliphatic rings. The first kappa shape index (κ1) is 23.1. The summed E-state index contributed by atoms with van der Waals surface area (Å²) in [6.45, 7) is 1.72. The van der Waals surface area contributed by atoms with Gasteiger partial charge in [-0.2, -0.15) is 4.39 Å². The van der Waals surface area contributed by atoms with Gasteiger partial charge in [0.05, 0.1) is 22.5 Å². The van der Waals surface area contributed by atoms with Crippen LogP contribution in [0.5, 0.6) is 0 Å². The van der Waals surface area contributed by atoms with Crippen molar-refractivity contribution < 1.29 is 13.6 Å². The Hall–Kier alpha value is -4.66. The molecule has 1 amide bonds. The Bertz CT molecular complexity index is 1640. The molecule has 180 valence electrons. The molecule has 0 saturated heterocycles. The van der Waals surface area contributed by atoms with Gasteiger partial charge in [0.25, 0.3) is 5.56 Å². The number of hydrogen-bond donors (Lipinski definition) is 2. The number of halogens is 2. The van der Waals surface area contributed by atoms with Gasteiger partial charge in [0.1, 0.15) is 11.6 Å². The lowest BCUT2D eigenvalue weighted by Gasteiger charge is -2.13. The van der Waals surface area contributed by atoms with Crippen LogP contribution >= 0.6 is 0 Å². The smallest absolute Gasteiger partial charge is 0.260 e. The van der Waals surface area contributed by atoms with Crippen LogP contribution in [0.15, 0.2) is 78.0 Å². The molecular weight excluding hydrogens is 464 g/mol. The Kier molecular flexibility index (Phi) is 5.89. The van der Waals surface area contributed by atoms with E-state index in [1.807, 2.05) is 0 Å². The van der Waals surface area contributed by atoms with Crippen LogP contribution in [0.4, 0.5) is 14.6 Å². The van der Waals surface area contributed by atoms with Gasteiger partial charge >= 0.3 is 0 Å². The van der Waals surface area contributed by atoms with E-state index in [4.69, 9.17) is 0 Å². The topological polar surface area (TPSA) is 92.7 Å². The van der Waals surface area contributed by atoms with Crippen LogP contribution in [-0.4, -0.2) is 25.4 Å². The minimum absolute atomic E-state index is 0.218. The fourth-order valence-electron chi connectivity index (χ4n) is 4.12. The molecule has 5 aromatic rings. The summed E-state index contributed by atoms with van der Waals surface area (Å²) in [6.07, 6.45) is 4.58. The summed E-state index contributed by atoms with van der Waals surface area (Å²) >= 11 is 0. The monoisotopic (exact) mass is 485 g/mol. The lowest BCUT2D eigenvalue weighted by atomic mass is 10.00. The summed E-state index contributed by atoms with van der Waals surface area (Å²) in [4.78, 5) is 37.2. The number of carbonyl (C=O) groups excluding carboxylic acids is 1. The molecule has 0 aliphatic heterocycles. The molecule has 1 aromatic carbocycles. The number of nitrogens with zero attached hydrogens (tertiary/aromatic N) is 3. The average molecular weight is 485 g/mol. The number of pyridine rings is 3. The van der Waals surface area contributed by atoms with Crippen molar-refractivity contribution in [1.29, 1.82) is 0 Å². The highest BCUT2D eigenvalue weighted by Crippen LogP contribution is 2.37. The van der Waals surface area contributed by atoms with Crippen molar-refractivity contribution in [2.75, 3.05) is 5.32 Å². The van der Waals surface area contributed by atoms with Gasteiger partial charge in [0.2, 0.25) is 11.9 Å². The van der Waals surface area contributed by atoms with E-state index in [2.05, 4.69) is 20.3 Å². The minimum atomic E-state index is -0.628. The second-order valence-corrected chi connectivity index (χ2v) is 8.46. The molecule has 4 heterocycles. The van der Waals surface area contributed by atoms with Crippen LogP contribution in [-0.2, 0) is 11.8 Å². The molecule has 0 radical (unpaired) electrons. The summed E-state index contributed by atoms with van der Waals surface area (Å²) in [7, 11) is 1.66. The number of anilines is 1. The van der Waals surface area contributed by atoms with Gasteiger partial charge in [-0.15, -0.1) is 0 Å². The van der Waals surface area contributed by atoms with E-state index >= 15 is 0 Å². The standard InChI is InChI=1S/C27H21F2N5O2/c1-15(16-3-6-19(28)7-4-16)26(35)33-22-13-17(9-11-30-22)25-23(18-5-8-21(29)31-14-18)24-20(32-25)10-12-34(2)27(24)36/h3-15,32H,1-2H3,(H,30,33,35). The average Bonchev–Trinajstić information content (AvgIpc) is 3.27. The lowest BCUT2D eigenvalue weighted by molar-refractivity contribution is -0.117. The van der Waals surface area contributed by atoms with Crippen LogP contribution in [0.2, 0.25) is 0 Å². The van der Waals surface area contributed by atoms with Crippen molar-refractivity contribution in [3.63, 3.8) is 0 Å². The molecule has 36 heavy (non-hydrogen) atoms. The highest BCUT2D eigenvalue weighted by Gasteiger charge is 2.20. The fraction of sp³-hybridized carbons (Fsp3) is 0.111. The van der Waals surface area contributed by atoms with Crippen LogP contribution in [0.3, 0.4) is 0 Å². The molecular formula is C27H21F2N5O2. The number of amides is 1. The molecule has 0 bridgehead atoms. The summed E-state index contributed by atoms with van der Waals surface area (Å²) in [5.41, 5.74) is 3.46. The van der Waals surface area contributed by atoms with E-state index in [1.165, 1.54) is 29.0 Å². The Balaban J connectivity index is 1.56. The van der Waals surface area contributed by atoms with Gasteiger partial charge in [-0.1, -0.05) is 12.1 Å². The zero-order valence-electron chi connectivity index (χ0n) is 19.4. The first-order valence-corrected chi connectivity index (χ1v) is 11.2.